The Morgan fingerprint density at radius 1 is 1.10 bits per heavy atom. The van der Waals surface area contributed by atoms with Crippen LogP contribution in [0.25, 0.3) is 0 Å². The Labute approximate surface area is 113 Å². The summed E-state index contributed by atoms with van der Waals surface area (Å²) in [6, 6.07) is 4.74. The van der Waals surface area contributed by atoms with Crippen LogP contribution in [0, 0.1) is 11.6 Å². The van der Waals surface area contributed by atoms with Crippen LogP contribution in [0.15, 0.2) is 33.9 Å². The van der Waals surface area contributed by atoms with Crippen LogP contribution in [0.3, 0.4) is 0 Å². The largest absolute Gasteiger partial charge is 0.375 e. The molecule has 0 fully saturated rings. The molecule has 5 nitrogen and oxygen atoms in total. The summed E-state index contributed by atoms with van der Waals surface area (Å²) >= 11 is 0. The Hall–Kier alpha value is -2.44. The van der Waals surface area contributed by atoms with Crippen molar-refractivity contribution in [1.82, 2.24) is 9.13 Å². The topological polar surface area (TPSA) is 56.0 Å². The molecule has 0 amide bonds. The number of nitrogens with one attached hydrogen (secondary N) is 1. The van der Waals surface area contributed by atoms with Gasteiger partial charge in [-0.15, -0.1) is 0 Å². The van der Waals surface area contributed by atoms with Gasteiger partial charge in [0.25, 0.3) is 5.56 Å². The summed E-state index contributed by atoms with van der Waals surface area (Å²) in [4.78, 5) is 23.2. The lowest BCUT2D eigenvalue weighted by molar-refractivity contribution is 0.586. The summed E-state index contributed by atoms with van der Waals surface area (Å²) in [6.45, 7) is -0.0420. The number of aromatic nitrogens is 2. The molecule has 1 aromatic heterocycles. The smallest absolute Gasteiger partial charge is 0.330 e. The van der Waals surface area contributed by atoms with Crippen molar-refractivity contribution in [2.24, 2.45) is 14.1 Å². The minimum atomic E-state index is -0.737. The lowest BCUT2D eigenvalue weighted by Crippen LogP contribution is -2.38. The average molecular weight is 281 g/mol. The third-order valence-electron chi connectivity index (χ3n) is 3.03. The number of halogens is 2. The highest BCUT2D eigenvalue weighted by atomic mass is 19.1. The summed E-state index contributed by atoms with van der Waals surface area (Å²) < 4.78 is 29.1. The Morgan fingerprint density at radius 3 is 2.30 bits per heavy atom. The zero-order chi connectivity index (χ0) is 14.9. The van der Waals surface area contributed by atoms with Gasteiger partial charge in [-0.1, -0.05) is 6.07 Å². The molecule has 1 aromatic carbocycles. The molecule has 0 bridgehead atoms. The molecule has 2 rings (SSSR count). The molecule has 0 radical (unpaired) electrons. The molecule has 7 heteroatoms. The highest BCUT2D eigenvalue weighted by Gasteiger charge is 2.10. The van der Waals surface area contributed by atoms with Crippen molar-refractivity contribution < 1.29 is 8.78 Å². The molecule has 2 aromatic rings. The van der Waals surface area contributed by atoms with Gasteiger partial charge < -0.3 is 5.32 Å². The van der Waals surface area contributed by atoms with Crippen LogP contribution < -0.4 is 16.6 Å². The molecule has 0 aliphatic carbocycles. The number of rotatable bonds is 3. The number of hydrogen-bond acceptors (Lipinski definition) is 3. The van der Waals surface area contributed by atoms with Gasteiger partial charge >= 0.3 is 5.69 Å². The fraction of sp³-hybridized carbons (Fsp3) is 0.231. The van der Waals surface area contributed by atoms with E-state index in [4.69, 9.17) is 0 Å². The maximum atomic E-state index is 13.4. The highest BCUT2D eigenvalue weighted by molar-refractivity contribution is 5.46. The van der Waals surface area contributed by atoms with Gasteiger partial charge in [0.05, 0.1) is 6.54 Å². The molecule has 0 atom stereocenters. The van der Waals surface area contributed by atoms with Crippen LogP contribution in [0.5, 0.6) is 0 Å². The van der Waals surface area contributed by atoms with Crippen molar-refractivity contribution >= 4 is 5.69 Å². The molecule has 106 valence electrons. The van der Waals surface area contributed by atoms with E-state index in [-0.39, 0.29) is 12.2 Å². The fourth-order valence-corrected chi connectivity index (χ4v) is 1.79. The molecule has 1 N–H and O–H groups in total. The van der Waals surface area contributed by atoms with E-state index >= 15 is 0 Å². The molecule has 1 heterocycles. The molecule has 0 aliphatic heterocycles. The molecular weight excluding hydrogens is 268 g/mol. The highest BCUT2D eigenvalue weighted by Crippen LogP contribution is 2.18. The average Bonchev–Trinajstić information content (AvgIpc) is 2.41. The van der Waals surface area contributed by atoms with E-state index in [0.29, 0.717) is 5.69 Å². The Bertz CT molecular complexity index is 745. The third kappa shape index (κ3) is 2.47. The molecule has 0 unspecified atom stereocenters. The lowest BCUT2D eigenvalue weighted by atomic mass is 10.2. The van der Waals surface area contributed by atoms with E-state index in [0.717, 1.165) is 16.7 Å². The maximum absolute atomic E-state index is 13.4. The zero-order valence-electron chi connectivity index (χ0n) is 11.0. The second-order valence-corrected chi connectivity index (χ2v) is 4.32. The summed E-state index contributed by atoms with van der Waals surface area (Å²) in [5.74, 6) is -1.47. The van der Waals surface area contributed by atoms with Crippen molar-refractivity contribution in [2.75, 3.05) is 5.32 Å². The standard InChI is InChI=1S/C13H13F2N3O2/c1-17-8(6-11(19)18(2)13(17)20)7-16-12-9(14)4-3-5-10(12)15/h3-6,16H,7H2,1-2H3. The van der Waals surface area contributed by atoms with Crippen LogP contribution >= 0.6 is 0 Å². The Kier molecular flexibility index (Phi) is 3.69. The zero-order valence-corrected chi connectivity index (χ0v) is 11.0. The summed E-state index contributed by atoms with van der Waals surface area (Å²) in [5.41, 5.74) is -0.927. The molecular formula is C13H13F2N3O2. The van der Waals surface area contributed by atoms with Gasteiger partial charge in [0.2, 0.25) is 0 Å². The molecule has 20 heavy (non-hydrogen) atoms. The van der Waals surface area contributed by atoms with E-state index in [9.17, 15) is 18.4 Å². The quantitative estimate of drug-likeness (QED) is 0.912. The predicted octanol–water partition coefficient (Wildman–Crippen LogP) is 0.974. The van der Waals surface area contributed by atoms with E-state index in [1.807, 2.05) is 0 Å². The van der Waals surface area contributed by atoms with E-state index < -0.39 is 22.9 Å². The second kappa shape index (κ2) is 5.28. The third-order valence-corrected chi connectivity index (χ3v) is 3.03. The van der Waals surface area contributed by atoms with Gasteiger partial charge in [0.15, 0.2) is 0 Å². The van der Waals surface area contributed by atoms with Crippen molar-refractivity contribution in [3.8, 4) is 0 Å². The first-order valence-corrected chi connectivity index (χ1v) is 5.85. The second-order valence-electron chi connectivity index (χ2n) is 4.32. The first kappa shape index (κ1) is 14.0. The van der Waals surface area contributed by atoms with Gasteiger partial charge in [0.1, 0.15) is 17.3 Å². The number of para-hydroxylation sites is 1. The Morgan fingerprint density at radius 2 is 1.70 bits per heavy atom. The van der Waals surface area contributed by atoms with Crippen molar-refractivity contribution in [3.63, 3.8) is 0 Å². The first-order chi connectivity index (χ1) is 9.41. The minimum absolute atomic E-state index is 0.0420. The van der Waals surface area contributed by atoms with Crippen molar-refractivity contribution in [2.45, 2.75) is 6.54 Å². The minimum Gasteiger partial charge on any atom is -0.375 e. The number of hydrogen-bond donors (Lipinski definition) is 1. The van der Waals surface area contributed by atoms with Crippen LogP contribution in [-0.4, -0.2) is 9.13 Å². The van der Waals surface area contributed by atoms with Crippen molar-refractivity contribution in [3.05, 3.63) is 62.4 Å². The summed E-state index contributed by atoms with van der Waals surface area (Å²) in [6.07, 6.45) is 0. The number of nitrogens with zero attached hydrogens (tertiary/aromatic N) is 2. The van der Waals surface area contributed by atoms with E-state index in [1.54, 1.807) is 0 Å². The van der Waals surface area contributed by atoms with Crippen LogP contribution in [0.4, 0.5) is 14.5 Å². The normalized spacial score (nSPS) is 10.6. The van der Waals surface area contributed by atoms with Crippen LogP contribution in [0.1, 0.15) is 5.69 Å². The lowest BCUT2D eigenvalue weighted by Gasteiger charge is -2.12. The maximum Gasteiger partial charge on any atom is 0.330 e. The van der Waals surface area contributed by atoms with Gasteiger partial charge in [-0.2, -0.15) is 0 Å². The van der Waals surface area contributed by atoms with Crippen LogP contribution in [0.2, 0.25) is 0 Å². The molecule has 0 saturated carbocycles. The molecule has 0 aliphatic rings. The monoisotopic (exact) mass is 281 g/mol. The fourth-order valence-electron chi connectivity index (χ4n) is 1.79. The first-order valence-electron chi connectivity index (χ1n) is 5.85. The SMILES string of the molecule is Cn1c(CNc2c(F)cccc2F)cc(=O)n(C)c1=O. The number of benzene rings is 1. The predicted molar refractivity (Wildman–Crippen MR) is 70.6 cm³/mol. The summed E-state index contributed by atoms with van der Waals surface area (Å²) in [7, 11) is 2.84. The van der Waals surface area contributed by atoms with Gasteiger partial charge in [-0.25, -0.2) is 13.6 Å². The Balaban J connectivity index is 2.33. The van der Waals surface area contributed by atoms with E-state index in [2.05, 4.69) is 5.32 Å². The van der Waals surface area contributed by atoms with Crippen molar-refractivity contribution in [1.29, 1.82) is 0 Å². The number of anilines is 1. The van der Waals surface area contributed by atoms with Gasteiger partial charge in [-0.05, 0) is 12.1 Å². The molecule has 0 saturated heterocycles. The van der Waals surface area contributed by atoms with Crippen LogP contribution in [-0.2, 0) is 20.6 Å². The summed E-state index contributed by atoms with van der Waals surface area (Å²) in [5, 5.41) is 2.55. The van der Waals surface area contributed by atoms with Gasteiger partial charge in [0, 0.05) is 25.9 Å². The van der Waals surface area contributed by atoms with Gasteiger partial charge in [-0.3, -0.25) is 13.9 Å². The van der Waals surface area contributed by atoms with E-state index in [1.165, 1.54) is 30.8 Å². The molecule has 0 spiro atoms.